The molecule has 0 saturated carbocycles. The van der Waals surface area contributed by atoms with Crippen molar-refractivity contribution in [3.63, 3.8) is 0 Å². The first-order chi connectivity index (χ1) is 6.86. The van der Waals surface area contributed by atoms with Crippen LogP contribution in [0.4, 0.5) is 0 Å². The molecule has 1 aromatic carbocycles. The molecule has 0 amide bonds. The molecular formula is C14H18. The highest BCUT2D eigenvalue weighted by atomic mass is 13.9. The summed E-state index contributed by atoms with van der Waals surface area (Å²) < 4.78 is 0. The Balaban J connectivity index is 0.000000461. The Kier molecular flexibility index (Phi) is 4.18. The third-order valence-electron chi connectivity index (χ3n) is 2.13. The van der Waals surface area contributed by atoms with E-state index in [2.05, 4.69) is 49.4 Å². The number of aryl methyl sites for hydroxylation is 1. The van der Waals surface area contributed by atoms with Crippen molar-refractivity contribution in [3.8, 4) is 0 Å². The first kappa shape index (κ1) is 10.8. The van der Waals surface area contributed by atoms with E-state index in [1.165, 1.54) is 16.0 Å². The van der Waals surface area contributed by atoms with Crippen LogP contribution in [0.5, 0.6) is 0 Å². The van der Waals surface area contributed by atoms with Gasteiger partial charge >= 0.3 is 0 Å². The molecule has 2 rings (SSSR count). The van der Waals surface area contributed by atoms with Gasteiger partial charge in [0.25, 0.3) is 0 Å². The minimum absolute atomic E-state index is 1.05. The smallest absolute Gasteiger partial charge is 0.0157 e. The minimum Gasteiger partial charge on any atom is -0.0807 e. The first-order valence-corrected chi connectivity index (χ1v) is 5.30. The summed E-state index contributed by atoms with van der Waals surface area (Å²) >= 11 is 0. The zero-order valence-electron chi connectivity index (χ0n) is 9.25. The van der Waals surface area contributed by atoms with Gasteiger partial charge in [0.2, 0.25) is 0 Å². The molecule has 1 aliphatic rings. The summed E-state index contributed by atoms with van der Waals surface area (Å²) in [5.74, 6) is 0. The molecule has 0 aliphatic heterocycles. The van der Waals surface area contributed by atoms with Crippen molar-refractivity contribution in [1.29, 1.82) is 0 Å². The predicted octanol–water partition coefficient (Wildman–Crippen LogP) is 2.54. The third kappa shape index (κ3) is 2.59. The zero-order valence-corrected chi connectivity index (χ0v) is 9.25. The quantitative estimate of drug-likeness (QED) is 0.584. The Morgan fingerprint density at radius 3 is 2.64 bits per heavy atom. The van der Waals surface area contributed by atoms with Gasteiger partial charge in [0.15, 0.2) is 0 Å². The molecule has 1 aliphatic carbocycles. The Hall–Kier alpha value is -1.30. The van der Waals surface area contributed by atoms with E-state index in [0.717, 1.165) is 6.42 Å². The highest BCUT2D eigenvalue weighted by molar-refractivity contribution is 5.44. The Labute approximate surface area is 86.3 Å². The van der Waals surface area contributed by atoms with Gasteiger partial charge in [-0.05, 0) is 23.8 Å². The van der Waals surface area contributed by atoms with Crippen LogP contribution in [0.2, 0.25) is 0 Å². The first-order valence-electron chi connectivity index (χ1n) is 5.30. The molecule has 0 aromatic heterocycles. The fourth-order valence-corrected chi connectivity index (χ4v) is 1.47. The Morgan fingerprint density at radius 1 is 1.07 bits per heavy atom. The fraction of sp³-hybridized carbons (Fsp3) is 0.286. The van der Waals surface area contributed by atoms with Crippen molar-refractivity contribution in [3.05, 3.63) is 46.4 Å². The van der Waals surface area contributed by atoms with Gasteiger partial charge in [0, 0.05) is 0 Å². The second kappa shape index (κ2) is 5.43. The maximum atomic E-state index is 2.26. The number of fused-ring (bicyclic) bond motifs is 1. The molecule has 0 atom stereocenters. The lowest BCUT2D eigenvalue weighted by molar-refractivity contribution is 1.39. The monoisotopic (exact) mass is 186 g/mol. The van der Waals surface area contributed by atoms with Crippen molar-refractivity contribution < 1.29 is 0 Å². The van der Waals surface area contributed by atoms with Crippen LogP contribution in [0.15, 0.2) is 30.4 Å². The maximum absolute atomic E-state index is 2.26. The van der Waals surface area contributed by atoms with Crippen LogP contribution >= 0.6 is 0 Å². The lowest BCUT2D eigenvalue weighted by Gasteiger charge is -1.91. The summed E-state index contributed by atoms with van der Waals surface area (Å²) in [5, 5.41) is 2.69. The topological polar surface area (TPSA) is 0 Å². The summed E-state index contributed by atoms with van der Waals surface area (Å²) in [6.07, 6.45) is 9.78. The van der Waals surface area contributed by atoms with Crippen molar-refractivity contribution in [2.45, 2.75) is 27.2 Å². The molecule has 0 nitrogen and oxygen atoms in total. The van der Waals surface area contributed by atoms with Crippen molar-refractivity contribution >= 4 is 12.2 Å². The van der Waals surface area contributed by atoms with Gasteiger partial charge in [-0.15, -0.1) is 0 Å². The normalized spacial score (nSPS) is 12.5. The molecule has 0 N–H and O–H groups in total. The summed E-state index contributed by atoms with van der Waals surface area (Å²) in [6, 6.07) is 6.57. The van der Waals surface area contributed by atoms with E-state index in [0.29, 0.717) is 0 Å². The molecule has 14 heavy (non-hydrogen) atoms. The highest BCUT2D eigenvalue weighted by Gasteiger charge is 1.88. The Morgan fingerprint density at radius 2 is 1.86 bits per heavy atom. The van der Waals surface area contributed by atoms with E-state index in [1.807, 2.05) is 13.8 Å². The van der Waals surface area contributed by atoms with E-state index in [1.54, 1.807) is 0 Å². The van der Waals surface area contributed by atoms with Crippen LogP contribution in [0.3, 0.4) is 0 Å². The summed E-state index contributed by atoms with van der Waals surface area (Å²) in [6.45, 7) is 6.13. The standard InChI is InChI=1S/C12H12.C2H6/c1-10-7-8-11-5-3-2-4-6-12(11)9-10;1-2/h2,4-9H,3H2,1H3;1-2H3. The third-order valence-corrected chi connectivity index (χ3v) is 2.13. The number of rotatable bonds is 0. The van der Waals surface area contributed by atoms with Crippen LogP contribution in [-0.2, 0) is 0 Å². The second-order valence-corrected chi connectivity index (χ2v) is 3.17. The number of allylic oxidation sites excluding steroid dienone is 2. The molecule has 74 valence electrons. The molecule has 0 unspecified atom stereocenters. The molecule has 0 heteroatoms. The van der Waals surface area contributed by atoms with Gasteiger partial charge in [-0.25, -0.2) is 0 Å². The van der Waals surface area contributed by atoms with Gasteiger partial charge in [-0.3, -0.25) is 0 Å². The molecule has 0 spiro atoms. The van der Waals surface area contributed by atoms with Crippen LogP contribution in [0.25, 0.3) is 12.2 Å². The number of hydrogen-bond acceptors (Lipinski definition) is 0. The largest absolute Gasteiger partial charge is 0.0807 e. The number of benzene rings is 1. The van der Waals surface area contributed by atoms with Gasteiger partial charge in [-0.1, -0.05) is 61.9 Å². The Bertz CT molecular complexity index is 422. The van der Waals surface area contributed by atoms with Gasteiger partial charge in [-0.2, -0.15) is 0 Å². The molecular weight excluding hydrogens is 168 g/mol. The zero-order chi connectivity index (χ0) is 10.4. The SMILES string of the molecule is CC.Cc1ccc2c(c1)=CC=CCC=2. The van der Waals surface area contributed by atoms with E-state index in [9.17, 15) is 0 Å². The molecule has 0 saturated heterocycles. The lowest BCUT2D eigenvalue weighted by Crippen LogP contribution is -2.23. The highest BCUT2D eigenvalue weighted by Crippen LogP contribution is 1.91. The second-order valence-electron chi connectivity index (χ2n) is 3.17. The summed E-state index contributed by atoms with van der Waals surface area (Å²) in [7, 11) is 0. The van der Waals surface area contributed by atoms with Crippen LogP contribution < -0.4 is 10.4 Å². The molecule has 0 fully saturated rings. The van der Waals surface area contributed by atoms with E-state index in [-0.39, 0.29) is 0 Å². The van der Waals surface area contributed by atoms with Crippen molar-refractivity contribution in [1.82, 2.24) is 0 Å². The van der Waals surface area contributed by atoms with Gasteiger partial charge in [0.05, 0.1) is 0 Å². The van der Waals surface area contributed by atoms with Crippen LogP contribution in [-0.4, -0.2) is 0 Å². The molecule has 0 radical (unpaired) electrons. The predicted molar refractivity (Wildman–Crippen MR) is 64.5 cm³/mol. The summed E-state index contributed by atoms with van der Waals surface area (Å²) in [4.78, 5) is 0. The van der Waals surface area contributed by atoms with Crippen molar-refractivity contribution in [2.24, 2.45) is 0 Å². The lowest BCUT2D eigenvalue weighted by atomic mass is 10.1. The minimum atomic E-state index is 1.05. The van der Waals surface area contributed by atoms with Crippen LogP contribution in [0, 0.1) is 6.92 Å². The van der Waals surface area contributed by atoms with Gasteiger partial charge in [0.1, 0.15) is 0 Å². The molecule has 0 bridgehead atoms. The maximum Gasteiger partial charge on any atom is -0.0157 e. The molecule has 1 aromatic rings. The fourth-order valence-electron chi connectivity index (χ4n) is 1.47. The molecule has 0 heterocycles. The van der Waals surface area contributed by atoms with E-state index in [4.69, 9.17) is 0 Å². The van der Waals surface area contributed by atoms with E-state index < -0.39 is 0 Å². The van der Waals surface area contributed by atoms with Crippen molar-refractivity contribution in [2.75, 3.05) is 0 Å². The average Bonchev–Trinajstić information content (AvgIpc) is 2.45. The average molecular weight is 186 g/mol. The number of hydrogen-bond donors (Lipinski definition) is 0. The van der Waals surface area contributed by atoms with Gasteiger partial charge < -0.3 is 0 Å². The van der Waals surface area contributed by atoms with Crippen LogP contribution in [0.1, 0.15) is 25.8 Å². The summed E-state index contributed by atoms with van der Waals surface area (Å²) in [5.41, 5.74) is 1.33. The van der Waals surface area contributed by atoms with E-state index >= 15 is 0 Å².